The SMILES string of the molecule is Ic1ccc2c(c1)c1cccc3c4c5oc6c(c5ccc4n2c13)C=CCC6. The minimum Gasteiger partial charge on any atom is -0.460 e. The van der Waals surface area contributed by atoms with E-state index in [4.69, 9.17) is 4.42 Å². The van der Waals surface area contributed by atoms with Crippen LogP contribution in [0.2, 0.25) is 0 Å². The Morgan fingerprint density at radius 1 is 0.889 bits per heavy atom. The quantitative estimate of drug-likeness (QED) is 0.221. The molecule has 0 aliphatic heterocycles. The first-order valence-corrected chi connectivity index (χ1v) is 10.4. The van der Waals surface area contributed by atoms with Crippen LogP contribution in [-0.2, 0) is 6.42 Å². The summed E-state index contributed by atoms with van der Waals surface area (Å²) in [7, 11) is 0. The molecule has 0 fully saturated rings. The lowest BCUT2D eigenvalue weighted by Crippen LogP contribution is -1.88. The molecular formula is C24H14INO. The molecule has 6 aromatic rings. The molecule has 3 heteroatoms. The van der Waals surface area contributed by atoms with Gasteiger partial charge in [-0.25, -0.2) is 0 Å². The van der Waals surface area contributed by atoms with E-state index >= 15 is 0 Å². The molecule has 27 heavy (non-hydrogen) atoms. The molecule has 3 heterocycles. The van der Waals surface area contributed by atoms with Gasteiger partial charge in [0.1, 0.15) is 11.3 Å². The molecule has 1 aliphatic rings. The number of halogens is 1. The summed E-state index contributed by atoms with van der Waals surface area (Å²) in [5, 5.41) is 6.42. The minimum absolute atomic E-state index is 0.993. The van der Waals surface area contributed by atoms with Crippen molar-refractivity contribution in [2.45, 2.75) is 12.8 Å². The van der Waals surface area contributed by atoms with E-state index in [2.05, 4.69) is 87.7 Å². The fraction of sp³-hybridized carbons (Fsp3) is 0.0833. The van der Waals surface area contributed by atoms with Gasteiger partial charge in [0.15, 0.2) is 0 Å². The molecule has 0 bridgehead atoms. The Hall–Kier alpha value is -2.53. The second-order valence-electron chi connectivity index (χ2n) is 7.41. The molecule has 0 atom stereocenters. The normalized spacial score (nSPS) is 14.4. The molecule has 0 saturated carbocycles. The number of hydrogen-bond donors (Lipinski definition) is 0. The third-order valence-corrected chi connectivity index (χ3v) is 6.70. The molecule has 3 aromatic carbocycles. The molecule has 0 radical (unpaired) electrons. The molecule has 1 aliphatic carbocycles. The first-order valence-electron chi connectivity index (χ1n) is 9.29. The fourth-order valence-electron chi connectivity index (χ4n) is 4.94. The number of furan rings is 1. The Kier molecular flexibility index (Phi) is 2.60. The number of rotatable bonds is 0. The zero-order chi connectivity index (χ0) is 17.7. The van der Waals surface area contributed by atoms with Gasteiger partial charge in [-0.15, -0.1) is 0 Å². The van der Waals surface area contributed by atoms with Gasteiger partial charge in [-0.3, -0.25) is 0 Å². The summed E-state index contributed by atoms with van der Waals surface area (Å²) in [5.74, 6) is 1.13. The third kappa shape index (κ3) is 1.67. The van der Waals surface area contributed by atoms with Gasteiger partial charge < -0.3 is 8.82 Å². The average molecular weight is 459 g/mol. The Morgan fingerprint density at radius 3 is 2.74 bits per heavy atom. The monoisotopic (exact) mass is 459 g/mol. The summed E-state index contributed by atoms with van der Waals surface area (Å²) in [5.41, 5.74) is 6.12. The maximum atomic E-state index is 6.43. The predicted molar refractivity (Wildman–Crippen MR) is 121 cm³/mol. The van der Waals surface area contributed by atoms with Crippen molar-refractivity contribution in [3.63, 3.8) is 0 Å². The average Bonchev–Trinajstić information content (AvgIpc) is 3.33. The van der Waals surface area contributed by atoms with E-state index in [1.165, 1.54) is 52.6 Å². The number of aryl methyl sites for hydroxylation is 1. The topological polar surface area (TPSA) is 17.6 Å². The van der Waals surface area contributed by atoms with Crippen molar-refractivity contribution >= 4 is 77.7 Å². The van der Waals surface area contributed by atoms with Crippen LogP contribution in [0.5, 0.6) is 0 Å². The molecule has 7 rings (SSSR count). The second kappa shape index (κ2) is 4.84. The summed E-state index contributed by atoms with van der Waals surface area (Å²) in [6.07, 6.45) is 6.54. The van der Waals surface area contributed by atoms with Crippen molar-refractivity contribution in [2.75, 3.05) is 0 Å². The number of benzene rings is 3. The highest BCUT2D eigenvalue weighted by atomic mass is 127. The van der Waals surface area contributed by atoms with Crippen LogP contribution in [0.4, 0.5) is 0 Å². The van der Waals surface area contributed by atoms with Crippen LogP contribution in [0.15, 0.2) is 59.0 Å². The number of fused-ring (bicyclic) bond motifs is 10. The van der Waals surface area contributed by atoms with E-state index < -0.39 is 0 Å². The van der Waals surface area contributed by atoms with Crippen molar-refractivity contribution in [3.05, 3.63) is 69.5 Å². The molecule has 128 valence electrons. The summed E-state index contributed by atoms with van der Waals surface area (Å²) in [6, 6.07) is 17.9. The minimum atomic E-state index is 0.993. The fourth-order valence-corrected chi connectivity index (χ4v) is 5.43. The van der Waals surface area contributed by atoms with Gasteiger partial charge in [0.05, 0.1) is 21.9 Å². The van der Waals surface area contributed by atoms with Gasteiger partial charge in [0.2, 0.25) is 0 Å². The number of nitrogens with zero attached hydrogens (tertiary/aromatic N) is 1. The second-order valence-corrected chi connectivity index (χ2v) is 8.66. The summed E-state index contributed by atoms with van der Waals surface area (Å²) >= 11 is 2.40. The zero-order valence-corrected chi connectivity index (χ0v) is 16.6. The van der Waals surface area contributed by atoms with Crippen molar-refractivity contribution in [1.82, 2.24) is 4.40 Å². The summed E-state index contributed by atoms with van der Waals surface area (Å²) in [4.78, 5) is 0. The van der Waals surface area contributed by atoms with Crippen LogP contribution in [-0.4, -0.2) is 4.40 Å². The lowest BCUT2D eigenvalue weighted by molar-refractivity contribution is 0.549. The van der Waals surface area contributed by atoms with Crippen LogP contribution in [0.3, 0.4) is 0 Å². The number of hydrogen-bond acceptors (Lipinski definition) is 1. The third-order valence-electron chi connectivity index (χ3n) is 6.03. The standard InChI is InChI=1S/C24H14INO/c25-13-8-10-19-18(12-13)15-5-3-6-17-22-20(26(19)23(15)17)11-9-16-14-4-1-2-7-21(14)27-24(16)22/h1,3-6,8-12H,2,7H2. The maximum Gasteiger partial charge on any atom is 0.144 e. The van der Waals surface area contributed by atoms with Gasteiger partial charge in [-0.1, -0.05) is 30.4 Å². The Balaban J connectivity index is 1.80. The van der Waals surface area contributed by atoms with E-state index in [0.717, 1.165) is 24.2 Å². The van der Waals surface area contributed by atoms with Crippen molar-refractivity contribution in [2.24, 2.45) is 0 Å². The highest BCUT2D eigenvalue weighted by Crippen LogP contribution is 2.43. The van der Waals surface area contributed by atoms with E-state index in [1.807, 2.05) is 0 Å². The van der Waals surface area contributed by atoms with E-state index in [0.29, 0.717) is 0 Å². The van der Waals surface area contributed by atoms with Crippen molar-refractivity contribution in [3.8, 4) is 0 Å². The van der Waals surface area contributed by atoms with Gasteiger partial charge >= 0.3 is 0 Å². The van der Waals surface area contributed by atoms with Crippen LogP contribution in [0.25, 0.3) is 55.1 Å². The smallest absolute Gasteiger partial charge is 0.144 e. The van der Waals surface area contributed by atoms with E-state index in [9.17, 15) is 0 Å². The molecular weight excluding hydrogens is 445 g/mol. The lowest BCUT2D eigenvalue weighted by Gasteiger charge is -2.01. The predicted octanol–water partition coefficient (Wildman–Crippen LogP) is 7.15. The molecule has 3 aromatic heterocycles. The Morgan fingerprint density at radius 2 is 1.78 bits per heavy atom. The van der Waals surface area contributed by atoms with Gasteiger partial charge in [-0.2, -0.15) is 0 Å². The van der Waals surface area contributed by atoms with Crippen LogP contribution in [0, 0.1) is 3.57 Å². The van der Waals surface area contributed by atoms with Gasteiger partial charge in [0, 0.05) is 37.1 Å². The van der Waals surface area contributed by atoms with Gasteiger partial charge in [0.25, 0.3) is 0 Å². The Labute approximate surface area is 168 Å². The molecule has 2 nitrogen and oxygen atoms in total. The highest BCUT2D eigenvalue weighted by molar-refractivity contribution is 14.1. The summed E-state index contributed by atoms with van der Waals surface area (Å²) in [6.45, 7) is 0. The molecule has 0 unspecified atom stereocenters. The molecule has 0 amide bonds. The van der Waals surface area contributed by atoms with Crippen LogP contribution < -0.4 is 0 Å². The summed E-state index contributed by atoms with van der Waals surface area (Å²) < 4.78 is 10.1. The van der Waals surface area contributed by atoms with E-state index in [1.54, 1.807) is 0 Å². The lowest BCUT2D eigenvalue weighted by atomic mass is 10.0. The van der Waals surface area contributed by atoms with Crippen molar-refractivity contribution in [1.29, 1.82) is 0 Å². The van der Waals surface area contributed by atoms with Crippen molar-refractivity contribution < 1.29 is 4.42 Å². The largest absolute Gasteiger partial charge is 0.460 e. The number of aromatic nitrogens is 1. The highest BCUT2D eigenvalue weighted by Gasteiger charge is 2.22. The number of allylic oxidation sites excluding steroid dienone is 1. The van der Waals surface area contributed by atoms with Crippen LogP contribution >= 0.6 is 22.6 Å². The zero-order valence-electron chi connectivity index (χ0n) is 14.4. The van der Waals surface area contributed by atoms with E-state index in [-0.39, 0.29) is 0 Å². The first-order chi connectivity index (χ1) is 13.3. The Bertz CT molecular complexity index is 1580. The van der Waals surface area contributed by atoms with Gasteiger partial charge in [-0.05, 0) is 59.3 Å². The number of para-hydroxylation sites is 1. The molecule has 0 spiro atoms. The molecule has 0 N–H and O–H groups in total. The van der Waals surface area contributed by atoms with Crippen LogP contribution in [0.1, 0.15) is 17.7 Å². The maximum absolute atomic E-state index is 6.43. The first kappa shape index (κ1) is 14.5. The molecule has 0 saturated heterocycles.